The zero-order valence-electron chi connectivity index (χ0n) is 41.9. The Hall–Kier alpha value is -8.58. The molecule has 2 N–H and O–H groups in total. The molecular weight excluding hydrogens is 1020 g/mol. The van der Waals surface area contributed by atoms with Gasteiger partial charge in [-0.15, -0.1) is 20.4 Å². The molecule has 0 amide bonds. The number of aliphatic hydroxyl groups is 2. The first-order valence-electron chi connectivity index (χ1n) is 23.5. The molecule has 0 saturated heterocycles. The molecule has 4 atom stereocenters. The minimum atomic E-state index is -3.96. The summed E-state index contributed by atoms with van der Waals surface area (Å²) in [6.45, 7) is 2.91. The van der Waals surface area contributed by atoms with Crippen molar-refractivity contribution < 1.29 is 46.0 Å². The van der Waals surface area contributed by atoms with E-state index in [-0.39, 0.29) is 23.0 Å². The Morgan fingerprint density at radius 2 is 0.882 bits per heavy atom. The molecule has 0 fully saturated rings. The summed E-state index contributed by atoms with van der Waals surface area (Å²) in [5.41, 5.74) is 3.86. The van der Waals surface area contributed by atoms with Crippen molar-refractivity contribution >= 4 is 31.0 Å². The number of para-hydroxylation sites is 2. The quantitative estimate of drug-likeness (QED) is 0.0988. The standard InChI is InChI=1S/2C26H26N6O5S/c2*1-17(25(33)19-15-31-13-5-4-11-22(31)28-19)38(34,35)16-23-29-30-26(18-8-7-12-27-14-18)32(23)24-20(36-2)9-6-10-21(24)37-3/h2*4-15,17,25,33H,16H2,1-3H3/t2*17-,25-/m10/s1. The van der Waals surface area contributed by atoms with Gasteiger partial charge in [0.15, 0.2) is 43.0 Å². The van der Waals surface area contributed by atoms with E-state index in [1.807, 2.05) is 24.3 Å². The fourth-order valence-electron chi connectivity index (χ4n) is 8.45. The fourth-order valence-corrected chi connectivity index (χ4v) is 11.1. The highest BCUT2D eigenvalue weighted by Gasteiger charge is 2.36. The van der Waals surface area contributed by atoms with Crippen LogP contribution in [-0.2, 0) is 31.2 Å². The second-order valence-corrected chi connectivity index (χ2v) is 22.0. The van der Waals surface area contributed by atoms with E-state index in [4.69, 9.17) is 18.9 Å². The molecule has 0 spiro atoms. The number of methoxy groups -OCH3 is 4. The molecule has 10 aromatic rings. The van der Waals surface area contributed by atoms with Crippen LogP contribution in [0.4, 0.5) is 0 Å². The zero-order chi connectivity index (χ0) is 53.7. The Kier molecular flexibility index (Phi) is 15.2. The van der Waals surface area contributed by atoms with Gasteiger partial charge in [-0.3, -0.25) is 19.1 Å². The predicted octanol–water partition coefficient (Wildman–Crippen LogP) is 6.06. The molecule has 24 heteroatoms. The predicted molar refractivity (Wildman–Crippen MR) is 280 cm³/mol. The number of fused-ring (bicyclic) bond motifs is 2. The molecule has 0 radical (unpaired) electrons. The molecule has 8 heterocycles. The zero-order valence-corrected chi connectivity index (χ0v) is 43.6. The molecule has 0 saturated carbocycles. The number of hydrogen-bond acceptors (Lipinski definition) is 18. The molecule has 0 aliphatic carbocycles. The molecule has 392 valence electrons. The van der Waals surface area contributed by atoms with Crippen molar-refractivity contribution in [1.29, 1.82) is 0 Å². The number of imidazole rings is 2. The minimum absolute atomic E-state index is 0.126. The number of aromatic nitrogens is 12. The number of nitrogens with zero attached hydrogens (tertiary/aromatic N) is 12. The summed E-state index contributed by atoms with van der Waals surface area (Å²) in [5, 5.41) is 36.7. The van der Waals surface area contributed by atoms with Gasteiger partial charge in [-0.2, -0.15) is 0 Å². The molecule has 8 aromatic heterocycles. The van der Waals surface area contributed by atoms with E-state index in [0.29, 0.717) is 68.4 Å². The number of sulfone groups is 2. The Morgan fingerprint density at radius 3 is 1.21 bits per heavy atom. The Morgan fingerprint density at radius 1 is 0.500 bits per heavy atom. The molecule has 2 aromatic carbocycles. The molecule has 0 bridgehead atoms. The molecule has 10 rings (SSSR count). The van der Waals surface area contributed by atoms with Gasteiger partial charge < -0.3 is 38.0 Å². The average Bonchev–Trinajstić information content (AvgIpc) is 4.28. The third-order valence-electron chi connectivity index (χ3n) is 12.6. The lowest BCUT2D eigenvalue weighted by Crippen LogP contribution is -2.28. The first-order valence-corrected chi connectivity index (χ1v) is 26.9. The minimum Gasteiger partial charge on any atom is -0.494 e. The summed E-state index contributed by atoms with van der Waals surface area (Å²) in [7, 11) is -1.87. The lowest BCUT2D eigenvalue weighted by molar-refractivity contribution is 0.171. The maximum Gasteiger partial charge on any atom is 0.170 e. The lowest BCUT2D eigenvalue weighted by Gasteiger charge is -2.20. The van der Waals surface area contributed by atoms with Gasteiger partial charge in [-0.05, 0) is 86.6 Å². The van der Waals surface area contributed by atoms with Gasteiger partial charge >= 0.3 is 0 Å². The number of ether oxygens (including phenoxy) is 4. The van der Waals surface area contributed by atoms with Crippen LogP contribution in [0, 0.1) is 0 Å². The Bertz CT molecular complexity index is 3510. The van der Waals surface area contributed by atoms with E-state index >= 15 is 0 Å². The highest BCUT2D eigenvalue weighted by molar-refractivity contribution is 7.91. The fraction of sp³-hybridized carbons (Fsp3) is 0.231. The summed E-state index contributed by atoms with van der Waals surface area (Å²) < 4.78 is 83.5. The van der Waals surface area contributed by atoms with Crippen LogP contribution in [0.15, 0.2) is 147 Å². The highest BCUT2D eigenvalue weighted by atomic mass is 32.2. The van der Waals surface area contributed by atoms with Crippen LogP contribution in [0.5, 0.6) is 23.0 Å². The van der Waals surface area contributed by atoms with Gasteiger partial charge in [0.25, 0.3) is 0 Å². The first kappa shape index (κ1) is 52.3. The number of benzene rings is 2. The number of pyridine rings is 4. The van der Waals surface area contributed by atoms with Crippen molar-refractivity contribution in [2.75, 3.05) is 28.4 Å². The van der Waals surface area contributed by atoms with E-state index < -0.39 is 53.9 Å². The topological polar surface area (TPSA) is 267 Å². The summed E-state index contributed by atoms with van der Waals surface area (Å²) >= 11 is 0. The summed E-state index contributed by atoms with van der Waals surface area (Å²) in [6, 6.07) is 28.4. The highest BCUT2D eigenvalue weighted by Crippen LogP contribution is 2.39. The van der Waals surface area contributed by atoms with Crippen molar-refractivity contribution in [3.8, 4) is 57.1 Å². The van der Waals surface area contributed by atoms with Crippen molar-refractivity contribution in [2.24, 2.45) is 0 Å². The smallest absolute Gasteiger partial charge is 0.170 e. The van der Waals surface area contributed by atoms with Gasteiger partial charge in [-0.1, -0.05) is 24.3 Å². The molecule has 0 unspecified atom stereocenters. The largest absolute Gasteiger partial charge is 0.494 e. The van der Waals surface area contributed by atoms with Crippen LogP contribution in [-0.4, -0.2) is 124 Å². The lowest BCUT2D eigenvalue weighted by atomic mass is 10.2. The Labute approximate surface area is 436 Å². The van der Waals surface area contributed by atoms with E-state index in [1.54, 1.807) is 140 Å². The second kappa shape index (κ2) is 22.1. The first-order chi connectivity index (χ1) is 36.7. The van der Waals surface area contributed by atoms with Crippen LogP contribution in [0.3, 0.4) is 0 Å². The molecular formula is C52H52N12O10S2. The molecule has 22 nitrogen and oxygen atoms in total. The van der Waals surface area contributed by atoms with Crippen molar-refractivity contribution in [3.05, 3.63) is 170 Å². The van der Waals surface area contributed by atoms with Crippen molar-refractivity contribution in [2.45, 2.75) is 48.1 Å². The van der Waals surface area contributed by atoms with Crippen molar-refractivity contribution in [1.82, 2.24) is 58.3 Å². The third kappa shape index (κ3) is 10.4. The third-order valence-corrected chi connectivity index (χ3v) is 16.7. The molecule has 0 aliphatic rings. The average molecular weight is 1070 g/mol. The van der Waals surface area contributed by atoms with Crippen LogP contribution in [0.25, 0.3) is 45.4 Å². The monoisotopic (exact) mass is 1070 g/mol. The normalized spacial score (nSPS) is 13.4. The SMILES string of the molecule is COc1cccc(OC)c1-n1c(CS(=O)(=O)[C@@H](C)[C@H](O)c2cn3ccccc3n2)nnc1-c1cccnc1.COc1cccc(OC)c1-n1c(CS(=O)(=O)[C@H](C)[C@@H](O)c2cn3ccccc3n2)nnc1-c1cccnc1. The van der Waals surface area contributed by atoms with E-state index in [0.717, 1.165) is 0 Å². The maximum absolute atomic E-state index is 13.6. The Balaban J connectivity index is 0.000000186. The number of rotatable bonds is 18. The van der Waals surface area contributed by atoms with Gasteiger partial charge in [0.05, 0.1) is 50.3 Å². The van der Waals surface area contributed by atoms with E-state index in [9.17, 15) is 27.0 Å². The van der Waals surface area contributed by atoms with Crippen molar-refractivity contribution in [3.63, 3.8) is 0 Å². The van der Waals surface area contributed by atoms with Gasteiger partial charge in [0, 0.05) is 60.7 Å². The van der Waals surface area contributed by atoms with Gasteiger partial charge in [-0.25, -0.2) is 26.8 Å². The summed E-state index contributed by atoms with van der Waals surface area (Å²) in [4.78, 5) is 17.1. The van der Waals surface area contributed by atoms with E-state index in [2.05, 4.69) is 40.3 Å². The number of hydrogen-bond donors (Lipinski definition) is 2. The molecule has 0 aliphatic heterocycles. The van der Waals surface area contributed by atoms with Gasteiger partial charge in [0.2, 0.25) is 0 Å². The summed E-state index contributed by atoms with van der Waals surface area (Å²) in [6.07, 6.45) is 10.6. The van der Waals surface area contributed by atoms with Crippen LogP contribution < -0.4 is 18.9 Å². The number of aliphatic hydroxyl groups excluding tert-OH is 2. The molecule has 76 heavy (non-hydrogen) atoms. The second-order valence-electron chi connectivity index (χ2n) is 17.2. The maximum atomic E-state index is 13.6. The van der Waals surface area contributed by atoms with Crippen LogP contribution in [0.2, 0.25) is 0 Å². The van der Waals surface area contributed by atoms with E-state index in [1.165, 1.54) is 42.3 Å². The van der Waals surface area contributed by atoms with Crippen LogP contribution >= 0.6 is 0 Å². The van der Waals surface area contributed by atoms with Crippen LogP contribution in [0.1, 0.15) is 49.1 Å². The summed E-state index contributed by atoms with van der Waals surface area (Å²) in [5.74, 6) is 1.70. The van der Waals surface area contributed by atoms with Gasteiger partial charge in [0.1, 0.15) is 69.4 Å².